The fraction of sp³-hybridized carbons (Fsp3) is 0.400. The van der Waals surface area contributed by atoms with Crippen LogP contribution in [0, 0.1) is 0 Å². The number of nitrogens with zero attached hydrogens (tertiary/aromatic N) is 2. The second kappa shape index (κ2) is 5.89. The average Bonchev–Trinajstić information content (AvgIpc) is 2.72. The van der Waals surface area contributed by atoms with Gasteiger partial charge in [0.25, 0.3) is 0 Å². The molecule has 0 saturated heterocycles. The molecule has 0 bridgehead atoms. The van der Waals surface area contributed by atoms with E-state index in [1.807, 2.05) is 19.2 Å². The van der Waals surface area contributed by atoms with Crippen molar-refractivity contribution in [3.8, 4) is 0 Å². The SMILES string of the molecule is CCN(CCC(=O)O)Cc1cn(C)c2ccccc12. The van der Waals surface area contributed by atoms with Gasteiger partial charge in [0.1, 0.15) is 0 Å². The van der Waals surface area contributed by atoms with E-state index in [0.717, 1.165) is 13.1 Å². The minimum Gasteiger partial charge on any atom is -0.481 e. The van der Waals surface area contributed by atoms with Crippen molar-refractivity contribution >= 4 is 16.9 Å². The second-order valence-electron chi connectivity index (χ2n) is 4.79. The molecular formula is C15H20N2O2. The van der Waals surface area contributed by atoms with E-state index in [9.17, 15) is 4.79 Å². The van der Waals surface area contributed by atoms with Gasteiger partial charge >= 0.3 is 5.97 Å². The van der Waals surface area contributed by atoms with Crippen LogP contribution in [-0.4, -0.2) is 33.6 Å². The monoisotopic (exact) mass is 260 g/mol. The van der Waals surface area contributed by atoms with Crippen LogP contribution < -0.4 is 0 Å². The number of benzene rings is 1. The van der Waals surface area contributed by atoms with Crippen LogP contribution in [0.5, 0.6) is 0 Å². The standard InChI is InChI=1S/C15H20N2O2/c1-3-17(9-8-15(18)19)11-12-10-16(2)14-7-5-4-6-13(12)14/h4-7,10H,3,8-9,11H2,1-2H3,(H,18,19). The number of hydrogen-bond donors (Lipinski definition) is 1. The van der Waals surface area contributed by atoms with E-state index >= 15 is 0 Å². The Morgan fingerprint density at radius 1 is 1.37 bits per heavy atom. The van der Waals surface area contributed by atoms with Gasteiger partial charge in [-0.3, -0.25) is 9.69 Å². The summed E-state index contributed by atoms with van der Waals surface area (Å²) < 4.78 is 2.12. The first-order valence-electron chi connectivity index (χ1n) is 6.59. The molecule has 4 nitrogen and oxygen atoms in total. The summed E-state index contributed by atoms with van der Waals surface area (Å²) in [5.41, 5.74) is 2.47. The quantitative estimate of drug-likeness (QED) is 0.868. The van der Waals surface area contributed by atoms with E-state index in [0.29, 0.717) is 6.54 Å². The maximum Gasteiger partial charge on any atom is 0.304 e. The van der Waals surface area contributed by atoms with Crippen molar-refractivity contribution in [2.75, 3.05) is 13.1 Å². The molecule has 0 amide bonds. The van der Waals surface area contributed by atoms with Gasteiger partial charge in [0.2, 0.25) is 0 Å². The van der Waals surface area contributed by atoms with Crippen LogP contribution in [0.3, 0.4) is 0 Å². The third-order valence-corrected chi connectivity index (χ3v) is 3.46. The minimum absolute atomic E-state index is 0.193. The Hall–Kier alpha value is -1.81. The van der Waals surface area contributed by atoms with Crippen molar-refractivity contribution in [1.82, 2.24) is 9.47 Å². The van der Waals surface area contributed by atoms with E-state index in [4.69, 9.17) is 5.11 Å². The van der Waals surface area contributed by atoms with E-state index in [1.54, 1.807) is 0 Å². The van der Waals surface area contributed by atoms with Gasteiger partial charge in [0.15, 0.2) is 0 Å². The van der Waals surface area contributed by atoms with Crippen molar-refractivity contribution in [3.05, 3.63) is 36.0 Å². The average molecular weight is 260 g/mol. The number of carbonyl (C=O) groups is 1. The first-order valence-corrected chi connectivity index (χ1v) is 6.59. The summed E-state index contributed by atoms with van der Waals surface area (Å²) in [5, 5.41) is 10.0. The van der Waals surface area contributed by atoms with Crippen LogP contribution in [0.2, 0.25) is 0 Å². The highest BCUT2D eigenvalue weighted by atomic mass is 16.4. The fourth-order valence-corrected chi connectivity index (χ4v) is 2.40. The number of carboxylic acid groups (broad SMARTS) is 1. The largest absolute Gasteiger partial charge is 0.481 e. The van der Waals surface area contributed by atoms with Gasteiger partial charge in [-0.1, -0.05) is 25.1 Å². The molecule has 4 heteroatoms. The molecule has 0 saturated carbocycles. The molecule has 1 heterocycles. The molecular weight excluding hydrogens is 240 g/mol. The summed E-state index contributed by atoms with van der Waals surface area (Å²) in [6.45, 7) is 4.31. The molecule has 0 aliphatic carbocycles. The van der Waals surface area contributed by atoms with Crippen molar-refractivity contribution in [2.24, 2.45) is 7.05 Å². The van der Waals surface area contributed by atoms with Gasteiger partial charge in [0.05, 0.1) is 6.42 Å². The topological polar surface area (TPSA) is 45.5 Å². The lowest BCUT2D eigenvalue weighted by Crippen LogP contribution is -2.25. The summed E-state index contributed by atoms with van der Waals surface area (Å²) in [6, 6.07) is 8.30. The number of aliphatic carboxylic acids is 1. The van der Waals surface area contributed by atoms with Gasteiger partial charge in [-0.05, 0) is 18.2 Å². The Morgan fingerprint density at radius 3 is 2.79 bits per heavy atom. The van der Waals surface area contributed by atoms with Gasteiger partial charge < -0.3 is 9.67 Å². The third-order valence-electron chi connectivity index (χ3n) is 3.46. The Morgan fingerprint density at radius 2 is 2.11 bits per heavy atom. The molecule has 2 aromatic rings. The molecule has 0 atom stereocenters. The first kappa shape index (κ1) is 13.6. The van der Waals surface area contributed by atoms with E-state index in [-0.39, 0.29) is 6.42 Å². The van der Waals surface area contributed by atoms with Crippen LogP contribution in [0.25, 0.3) is 10.9 Å². The zero-order valence-corrected chi connectivity index (χ0v) is 11.5. The van der Waals surface area contributed by atoms with Crippen LogP contribution in [-0.2, 0) is 18.4 Å². The highest BCUT2D eigenvalue weighted by molar-refractivity contribution is 5.83. The van der Waals surface area contributed by atoms with Crippen LogP contribution >= 0.6 is 0 Å². The Bertz CT molecular complexity index is 575. The fourth-order valence-electron chi connectivity index (χ4n) is 2.40. The number of fused-ring (bicyclic) bond motifs is 1. The molecule has 19 heavy (non-hydrogen) atoms. The van der Waals surface area contributed by atoms with E-state index < -0.39 is 5.97 Å². The van der Waals surface area contributed by atoms with Crippen molar-refractivity contribution in [3.63, 3.8) is 0 Å². The highest BCUT2D eigenvalue weighted by Crippen LogP contribution is 2.21. The summed E-state index contributed by atoms with van der Waals surface area (Å²) in [6.07, 6.45) is 2.33. The number of carboxylic acids is 1. The molecule has 1 aromatic carbocycles. The second-order valence-corrected chi connectivity index (χ2v) is 4.79. The van der Waals surface area contributed by atoms with Crippen molar-refractivity contribution in [1.29, 1.82) is 0 Å². The Balaban J connectivity index is 2.17. The maximum atomic E-state index is 10.7. The number of para-hydroxylation sites is 1. The molecule has 0 unspecified atom stereocenters. The number of aryl methyl sites for hydroxylation is 1. The molecule has 102 valence electrons. The summed E-state index contributed by atoms with van der Waals surface area (Å²) >= 11 is 0. The van der Waals surface area contributed by atoms with Crippen LogP contribution in [0.4, 0.5) is 0 Å². The lowest BCUT2D eigenvalue weighted by molar-refractivity contribution is -0.137. The molecule has 0 radical (unpaired) electrons. The van der Waals surface area contributed by atoms with Crippen LogP contribution in [0.1, 0.15) is 18.9 Å². The Labute approximate surface area is 113 Å². The van der Waals surface area contributed by atoms with Crippen molar-refractivity contribution < 1.29 is 9.90 Å². The molecule has 0 aliphatic rings. The highest BCUT2D eigenvalue weighted by Gasteiger charge is 2.11. The zero-order chi connectivity index (χ0) is 13.8. The van der Waals surface area contributed by atoms with Gasteiger partial charge in [0, 0.05) is 37.2 Å². The lowest BCUT2D eigenvalue weighted by Gasteiger charge is -2.18. The smallest absolute Gasteiger partial charge is 0.304 e. The molecule has 1 aromatic heterocycles. The summed E-state index contributed by atoms with van der Waals surface area (Å²) in [4.78, 5) is 12.8. The predicted octanol–water partition coefficient (Wildman–Crippen LogP) is 2.47. The number of rotatable bonds is 6. The normalized spacial score (nSPS) is 11.3. The number of hydrogen-bond acceptors (Lipinski definition) is 2. The van der Waals surface area contributed by atoms with Crippen molar-refractivity contribution in [2.45, 2.75) is 19.9 Å². The molecule has 0 aliphatic heterocycles. The first-order chi connectivity index (χ1) is 9.11. The molecule has 1 N–H and O–H groups in total. The lowest BCUT2D eigenvalue weighted by atomic mass is 10.1. The molecule has 0 fully saturated rings. The summed E-state index contributed by atoms with van der Waals surface area (Å²) in [7, 11) is 2.04. The predicted molar refractivity (Wildman–Crippen MR) is 76.1 cm³/mol. The van der Waals surface area contributed by atoms with E-state index in [2.05, 4.69) is 34.7 Å². The van der Waals surface area contributed by atoms with Gasteiger partial charge in [-0.25, -0.2) is 0 Å². The van der Waals surface area contributed by atoms with Gasteiger partial charge in [-0.15, -0.1) is 0 Å². The minimum atomic E-state index is -0.739. The molecule has 0 spiro atoms. The van der Waals surface area contributed by atoms with Crippen LogP contribution in [0.15, 0.2) is 30.5 Å². The van der Waals surface area contributed by atoms with E-state index in [1.165, 1.54) is 16.5 Å². The zero-order valence-electron chi connectivity index (χ0n) is 11.5. The Kier molecular flexibility index (Phi) is 4.22. The third kappa shape index (κ3) is 3.15. The molecule has 2 rings (SSSR count). The van der Waals surface area contributed by atoms with Gasteiger partial charge in [-0.2, -0.15) is 0 Å². The summed E-state index contributed by atoms with van der Waals surface area (Å²) in [5.74, 6) is -0.739. The maximum absolute atomic E-state index is 10.7. The number of aromatic nitrogens is 1.